The summed E-state index contributed by atoms with van der Waals surface area (Å²) in [7, 11) is -0.958. The number of imidazole rings is 1. The number of rotatable bonds is 9. The SMILES string of the molecule is COc1ncc(-c2ccc3ncc(-c4cn(CCN5CCN(C)CC5)nn4)n3c2)cc1NS(=O)(=O)c1ccc(F)cc1F. The number of nitrogens with one attached hydrogen (secondary N) is 1. The molecule has 0 saturated carbocycles. The number of benzene rings is 1. The van der Waals surface area contributed by atoms with Crippen molar-refractivity contribution in [1.29, 1.82) is 0 Å². The van der Waals surface area contributed by atoms with E-state index in [0.717, 1.165) is 57.1 Å². The van der Waals surface area contributed by atoms with Crippen molar-refractivity contribution in [2.24, 2.45) is 0 Å². The van der Waals surface area contributed by atoms with Crippen molar-refractivity contribution in [2.45, 2.75) is 11.4 Å². The molecule has 0 atom stereocenters. The van der Waals surface area contributed by atoms with Gasteiger partial charge < -0.3 is 9.64 Å². The highest BCUT2D eigenvalue weighted by molar-refractivity contribution is 7.92. The molecule has 224 valence electrons. The van der Waals surface area contributed by atoms with Crippen LogP contribution >= 0.6 is 0 Å². The number of pyridine rings is 2. The van der Waals surface area contributed by atoms with Crippen LogP contribution in [0.1, 0.15) is 0 Å². The van der Waals surface area contributed by atoms with Crippen molar-refractivity contribution in [3.63, 3.8) is 0 Å². The average molecular weight is 610 g/mol. The largest absolute Gasteiger partial charge is 0.480 e. The van der Waals surface area contributed by atoms with Crippen molar-refractivity contribution in [3.8, 4) is 28.4 Å². The molecule has 1 aliphatic heterocycles. The fourth-order valence-electron chi connectivity index (χ4n) is 4.92. The Morgan fingerprint density at radius 3 is 2.53 bits per heavy atom. The number of anilines is 1. The van der Waals surface area contributed by atoms with Crippen molar-refractivity contribution >= 4 is 21.4 Å². The monoisotopic (exact) mass is 609 g/mol. The van der Waals surface area contributed by atoms with Gasteiger partial charge in [-0.3, -0.25) is 18.7 Å². The molecule has 0 amide bonds. The van der Waals surface area contributed by atoms with E-state index >= 15 is 0 Å². The second-order valence-corrected chi connectivity index (χ2v) is 11.9. The number of hydrogen-bond donors (Lipinski definition) is 1. The van der Waals surface area contributed by atoms with E-state index in [2.05, 4.69) is 41.8 Å². The van der Waals surface area contributed by atoms with Gasteiger partial charge in [0.2, 0.25) is 5.88 Å². The standard InChI is InChI=1S/C28H29F2N9O3S/c1-36-7-9-37(10-8-36)11-12-38-18-24(33-35-38)25-16-31-27-6-3-19(17-39(25)27)20-13-23(28(42-2)32-15-20)34-43(40,41)26-5-4-21(29)14-22(26)30/h3-6,13-18,34H,7-12H2,1-2H3. The summed E-state index contributed by atoms with van der Waals surface area (Å²) in [5.74, 6) is -2.13. The molecule has 0 spiro atoms. The molecule has 0 bridgehead atoms. The lowest BCUT2D eigenvalue weighted by molar-refractivity contribution is 0.148. The normalized spacial score (nSPS) is 14.8. The number of halogens is 2. The molecule has 0 aliphatic carbocycles. The number of nitrogens with zero attached hydrogens (tertiary/aromatic N) is 8. The predicted molar refractivity (Wildman–Crippen MR) is 155 cm³/mol. The molecule has 15 heteroatoms. The Bertz CT molecular complexity index is 1890. The summed E-state index contributed by atoms with van der Waals surface area (Å²) < 4.78 is 64.8. The molecule has 1 fully saturated rings. The smallest absolute Gasteiger partial charge is 0.264 e. The molecule has 5 heterocycles. The average Bonchev–Trinajstić information content (AvgIpc) is 3.63. The van der Waals surface area contributed by atoms with Crippen molar-refractivity contribution in [2.75, 3.05) is 51.6 Å². The minimum atomic E-state index is -4.42. The summed E-state index contributed by atoms with van der Waals surface area (Å²) in [4.78, 5) is 12.8. The van der Waals surface area contributed by atoms with Gasteiger partial charge in [0.25, 0.3) is 10.0 Å². The molecule has 1 N–H and O–H groups in total. The third-order valence-electron chi connectivity index (χ3n) is 7.35. The van der Waals surface area contributed by atoms with Crippen LogP contribution in [0.5, 0.6) is 5.88 Å². The highest BCUT2D eigenvalue weighted by Gasteiger charge is 2.23. The summed E-state index contributed by atoms with van der Waals surface area (Å²) in [5, 5.41) is 8.68. The first-order valence-electron chi connectivity index (χ1n) is 13.5. The minimum absolute atomic E-state index is 0.0158. The Balaban J connectivity index is 1.26. The number of hydrogen-bond acceptors (Lipinski definition) is 9. The molecule has 4 aromatic heterocycles. The van der Waals surface area contributed by atoms with E-state index in [4.69, 9.17) is 4.74 Å². The Kier molecular flexibility index (Phi) is 7.77. The third-order valence-corrected chi connectivity index (χ3v) is 8.75. The van der Waals surface area contributed by atoms with Gasteiger partial charge in [-0.05, 0) is 37.4 Å². The van der Waals surface area contributed by atoms with Crippen molar-refractivity contribution < 1.29 is 21.9 Å². The Morgan fingerprint density at radius 1 is 0.953 bits per heavy atom. The molecular weight excluding hydrogens is 580 g/mol. The second-order valence-electron chi connectivity index (χ2n) is 10.3. The van der Waals surface area contributed by atoms with Crippen LogP contribution in [0.4, 0.5) is 14.5 Å². The van der Waals surface area contributed by atoms with E-state index in [1.54, 1.807) is 6.20 Å². The molecule has 0 unspecified atom stereocenters. The summed E-state index contributed by atoms with van der Waals surface area (Å²) in [6.45, 7) is 5.77. The fourth-order valence-corrected chi connectivity index (χ4v) is 6.03. The van der Waals surface area contributed by atoms with E-state index in [1.165, 1.54) is 19.4 Å². The number of likely N-dealkylation sites (N-methyl/N-ethyl adjacent to an activating group) is 1. The first-order chi connectivity index (χ1) is 20.7. The second kappa shape index (κ2) is 11.7. The van der Waals surface area contributed by atoms with Crippen LogP contribution in [0.2, 0.25) is 0 Å². The van der Waals surface area contributed by atoms with Gasteiger partial charge in [-0.1, -0.05) is 5.21 Å². The molecule has 6 rings (SSSR count). The van der Waals surface area contributed by atoms with Gasteiger partial charge in [0.15, 0.2) is 0 Å². The van der Waals surface area contributed by atoms with Gasteiger partial charge in [-0.2, -0.15) is 0 Å². The predicted octanol–water partition coefficient (Wildman–Crippen LogP) is 2.99. The van der Waals surface area contributed by atoms with E-state index < -0.39 is 26.6 Å². The molecule has 1 aromatic carbocycles. The van der Waals surface area contributed by atoms with E-state index in [1.807, 2.05) is 33.6 Å². The zero-order chi connectivity index (χ0) is 30.1. The number of fused-ring (bicyclic) bond motifs is 1. The maximum Gasteiger partial charge on any atom is 0.264 e. The molecule has 0 radical (unpaired) electrons. The zero-order valence-corrected chi connectivity index (χ0v) is 24.3. The van der Waals surface area contributed by atoms with E-state index in [0.29, 0.717) is 28.5 Å². The molecule has 12 nitrogen and oxygen atoms in total. The van der Waals surface area contributed by atoms with E-state index in [9.17, 15) is 17.2 Å². The topological polar surface area (TPSA) is 123 Å². The highest BCUT2D eigenvalue weighted by Crippen LogP contribution is 2.31. The minimum Gasteiger partial charge on any atom is -0.480 e. The van der Waals surface area contributed by atoms with Gasteiger partial charge in [0.1, 0.15) is 33.6 Å². The molecule has 1 saturated heterocycles. The highest BCUT2D eigenvalue weighted by atomic mass is 32.2. The zero-order valence-electron chi connectivity index (χ0n) is 23.5. The number of aromatic nitrogens is 6. The molecule has 5 aromatic rings. The molecular formula is C28H29F2N9O3S. The number of methoxy groups -OCH3 is 1. The maximum absolute atomic E-state index is 14.3. The Morgan fingerprint density at radius 2 is 1.77 bits per heavy atom. The lowest BCUT2D eigenvalue weighted by Crippen LogP contribution is -2.45. The van der Waals surface area contributed by atoms with Crippen LogP contribution in [0.25, 0.3) is 28.2 Å². The number of piperazine rings is 1. The Labute approximate surface area is 246 Å². The van der Waals surface area contributed by atoms with Crippen molar-refractivity contribution in [1.82, 2.24) is 39.2 Å². The quantitative estimate of drug-likeness (QED) is 0.269. The van der Waals surface area contributed by atoms with Gasteiger partial charge in [0.05, 0.1) is 31.7 Å². The first kappa shape index (κ1) is 28.6. The Hall–Kier alpha value is -4.47. The lowest BCUT2D eigenvalue weighted by Gasteiger charge is -2.32. The van der Waals surface area contributed by atoms with Crippen LogP contribution < -0.4 is 9.46 Å². The number of sulfonamides is 1. The number of ether oxygens (including phenoxy) is 1. The van der Waals surface area contributed by atoms with Crippen LogP contribution in [0.3, 0.4) is 0 Å². The molecule has 1 aliphatic rings. The van der Waals surface area contributed by atoms with Crippen LogP contribution in [0.15, 0.2) is 66.1 Å². The van der Waals surface area contributed by atoms with Crippen LogP contribution in [-0.4, -0.2) is 94.5 Å². The van der Waals surface area contributed by atoms with Gasteiger partial charge in [-0.15, -0.1) is 5.10 Å². The van der Waals surface area contributed by atoms with Gasteiger partial charge >= 0.3 is 0 Å². The van der Waals surface area contributed by atoms with Gasteiger partial charge in [-0.25, -0.2) is 27.2 Å². The van der Waals surface area contributed by atoms with E-state index in [-0.39, 0.29) is 11.6 Å². The van der Waals surface area contributed by atoms with Crippen LogP contribution in [-0.2, 0) is 16.6 Å². The molecule has 43 heavy (non-hydrogen) atoms. The summed E-state index contributed by atoms with van der Waals surface area (Å²) in [5.41, 5.74) is 3.30. The lowest BCUT2D eigenvalue weighted by atomic mass is 10.1. The maximum atomic E-state index is 14.3. The first-order valence-corrected chi connectivity index (χ1v) is 15.0. The summed E-state index contributed by atoms with van der Waals surface area (Å²) in [6.07, 6.45) is 6.98. The summed E-state index contributed by atoms with van der Waals surface area (Å²) in [6, 6.07) is 7.39. The van der Waals surface area contributed by atoms with Crippen molar-refractivity contribution in [3.05, 3.63) is 72.8 Å². The van der Waals surface area contributed by atoms with Crippen LogP contribution in [0, 0.1) is 11.6 Å². The summed E-state index contributed by atoms with van der Waals surface area (Å²) >= 11 is 0. The third kappa shape index (κ3) is 6.04. The fraction of sp³-hybridized carbons (Fsp3) is 0.286. The van der Waals surface area contributed by atoms with Gasteiger partial charge in [0, 0.05) is 62.3 Å².